The largest absolute Gasteiger partial charge is 0.466 e. The summed E-state index contributed by atoms with van der Waals surface area (Å²) >= 11 is 0. The summed E-state index contributed by atoms with van der Waals surface area (Å²) in [5.74, 6) is -1.06. The Labute approximate surface area is 174 Å². The van der Waals surface area contributed by atoms with Gasteiger partial charge in [0.15, 0.2) is 0 Å². The van der Waals surface area contributed by atoms with Gasteiger partial charge in [0, 0.05) is 5.82 Å². The molecular formula is C22H33BO6. The van der Waals surface area contributed by atoms with E-state index in [0.717, 1.165) is 5.56 Å². The molecule has 0 aromatic heterocycles. The molecular weight excluding hydrogens is 371 g/mol. The van der Waals surface area contributed by atoms with E-state index in [1.807, 2.05) is 60.6 Å². The van der Waals surface area contributed by atoms with E-state index in [4.69, 9.17) is 18.8 Å². The van der Waals surface area contributed by atoms with Gasteiger partial charge in [0.1, 0.15) is 5.60 Å². The van der Waals surface area contributed by atoms with E-state index in [1.165, 1.54) is 0 Å². The average Bonchev–Trinajstić information content (AvgIpc) is 2.79. The summed E-state index contributed by atoms with van der Waals surface area (Å²) < 4.78 is 22.9. The average molecular weight is 404 g/mol. The Morgan fingerprint density at radius 3 is 2.00 bits per heavy atom. The van der Waals surface area contributed by atoms with Crippen molar-refractivity contribution < 1.29 is 28.4 Å². The lowest BCUT2D eigenvalue weighted by Crippen LogP contribution is -2.41. The highest BCUT2D eigenvalue weighted by Gasteiger charge is 2.54. The van der Waals surface area contributed by atoms with Crippen LogP contribution >= 0.6 is 0 Å². The van der Waals surface area contributed by atoms with Crippen molar-refractivity contribution in [1.82, 2.24) is 0 Å². The van der Waals surface area contributed by atoms with Crippen LogP contribution in [-0.4, -0.2) is 42.5 Å². The molecule has 1 aromatic rings. The SMILES string of the molecule is CCOC(=O)CC(B1OC(C)(C)C(C)(C)O1)c1ccc(C(=O)OC(C)(C)C)cc1. The molecule has 2 rings (SSSR count). The van der Waals surface area contributed by atoms with Gasteiger partial charge >= 0.3 is 19.1 Å². The van der Waals surface area contributed by atoms with E-state index >= 15 is 0 Å². The van der Waals surface area contributed by atoms with Crippen molar-refractivity contribution in [2.24, 2.45) is 0 Å². The number of benzene rings is 1. The van der Waals surface area contributed by atoms with Crippen LogP contribution in [0.15, 0.2) is 24.3 Å². The zero-order chi connectivity index (χ0) is 22.0. The summed E-state index contributed by atoms with van der Waals surface area (Å²) in [5, 5.41) is 0. The van der Waals surface area contributed by atoms with Crippen molar-refractivity contribution >= 4 is 19.1 Å². The normalized spacial score (nSPS) is 19.0. The minimum absolute atomic E-state index is 0.121. The lowest BCUT2D eigenvalue weighted by atomic mass is 9.66. The molecule has 1 fully saturated rings. The fraction of sp³-hybridized carbons (Fsp3) is 0.636. The smallest absolute Gasteiger partial charge is 0.466 e. The van der Waals surface area contributed by atoms with Crippen molar-refractivity contribution in [1.29, 1.82) is 0 Å². The van der Waals surface area contributed by atoms with E-state index in [-0.39, 0.29) is 24.2 Å². The summed E-state index contributed by atoms with van der Waals surface area (Å²) in [6.45, 7) is 15.5. The Morgan fingerprint density at radius 1 is 1.03 bits per heavy atom. The van der Waals surface area contributed by atoms with Crippen LogP contribution in [0.1, 0.15) is 83.5 Å². The lowest BCUT2D eigenvalue weighted by Gasteiger charge is -2.32. The second kappa shape index (κ2) is 8.48. The number of hydrogen-bond acceptors (Lipinski definition) is 6. The number of rotatable bonds is 6. The third kappa shape index (κ3) is 5.83. The van der Waals surface area contributed by atoms with Gasteiger partial charge in [-0.25, -0.2) is 4.79 Å². The second-order valence-corrected chi connectivity index (χ2v) is 9.36. The Hall–Kier alpha value is -1.86. The Kier molecular flexibility index (Phi) is 6.85. The molecule has 0 amide bonds. The fourth-order valence-corrected chi connectivity index (χ4v) is 3.03. The molecule has 0 bridgehead atoms. The van der Waals surface area contributed by atoms with E-state index in [1.54, 1.807) is 19.1 Å². The minimum Gasteiger partial charge on any atom is -0.466 e. The molecule has 0 saturated carbocycles. The predicted octanol–water partition coefficient (Wildman–Crippen LogP) is 4.31. The molecule has 1 aliphatic rings. The van der Waals surface area contributed by atoms with Crippen molar-refractivity contribution in [2.75, 3.05) is 6.61 Å². The van der Waals surface area contributed by atoms with Crippen LogP contribution in [0.2, 0.25) is 0 Å². The fourth-order valence-electron chi connectivity index (χ4n) is 3.03. The molecule has 0 N–H and O–H groups in total. The zero-order valence-electron chi connectivity index (χ0n) is 18.8. The van der Waals surface area contributed by atoms with Gasteiger partial charge in [0.2, 0.25) is 0 Å². The van der Waals surface area contributed by atoms with E-state index < -0.39 is 23.9 Å². The first-order valence-electron chi connectivity index (χ1n) is 10.1. The van der Waals surface area contributed by atoms with E-state index in [0.29, 0.717) is 12.2 Å². The maximum Gasteiger partial charge on any atom is 0.466 e. The van der Waals surface area contributed by atoms with Gasteiger partial charge in [0.25, 0.3) is 0 Å². The molecule has 0 spiro atoms. The second-order valence-electron chi connectivity index (χ2n) is 9.36. The molecule has 1 heterocycles. The molecule has 1 aromatic carbocycles. The molecule has 1 atom stereocenters. The first-order valence-corrected chi connectivity index (χ1v) is 10.1. The zero-order valence-corrected chi connectivity index (χ0v) is 18.8. The summed E-state index contributed by atoms with van der Waals surface area (Å²) in [5.41, 5.74) is -0.302. The minimum atomic E-state index is -0.600. The monoisotopic (exact) mass is 404 g/mol. The standard InChI is InChI=1S/C22H33BO6/c1-9-26-18(24)14-17(23-28-21(5,6)22(7,8)29-23)15-10-12-16(13-11-15)19(25)27-20(2,3)4/h10-13,17H,9,14H2,1-8H3. The van der Waals surface area contributed by atoms with Crippen LogP contribution < -0.4 is 0 Å². The Morgan fingerprint density at radius 2 is 1.55 bits per heavy atom. The molecule has 160 valence electrons. The van der Waals surface area contributed by atoms with Gasteiger partial charge in [-0.15, -0.1) is 0 Å². The summed E-state index contributed by atoms with van der Waals surface area (Å²) in [7, 11) is -0.600. The molecule has 0 aliphatic carbocycles. The third-order valence-electron chi connectivity index (χ3n) is 5.27. The van der Waals surface area contributed by atoms with Crippen LogP contribution in [0.5, 0.6) is 0 Å². The van der Waals surface area contributed by atoms with Crippen LogP contribution in [0, 0.1) is 0 Å². The van der Waals surface area contributed by atoms with Gasteiger partial charge in [-0.1, -0.05) is 12.1 Å². The Balaban J connectivity index is 2.27. The third-order valence-corrected chi connectivity index (χ3v) is 5.27. The summed E-state index contributed by atoms with van der Waals surface area (Å²) in [4.78, 5) is 24.5. The van der Waals surface area contributed by atoms with Crippen molar-refractivity contribution in [2.45, 2.75) is 84.4 Å². The highest BCUT2D eigenvalue weighted by molar-refractivity contribution is 6.48. The number of esters is 2. The molecule has 1 saturated heterocycles. The molecule has 29 heavy (non-hydrogen) atoms. The van der Waals surface area contributed by atoms with Gasteiger partial charge < -0.3 is 18.8 Å². The van der Waals surface area contributed by atoms with E-state index in [2.05, 4.69) is 0 Å². The van der Waals surface area contributed by atoms with Gasteiger partial charge in [-0.2, -0.15) is 0 Å². The van der Waals surface area contributed by atoms with Gasteiger partial charge in [-0.05, 0) is 73.1 Å². The Bertz CT molecular complexity index is 717. The van der Waals surface area contributed by atoms with Crippen LogP contribution in [0.25, 0.3) is 0 Å². The molecule has 7 heteroatoms. The molecule has 1 unspecified atom stereocenters. The highest BCUT2D eigenvalue weighted by atomic mass is 16.7. The van der Waals surface area contributed by atoms with Gasteiger partial charge in [-0.3, -0.25) is 4.79 Å². The summed E-state index contributed by atoms with van der Waals surface area (Å²) in [6.07, 6.45) is 0.121. The molecule has 6 nitrogen and oxygen atoms in total. The quantitative estimate of drug-likeness (QED) is 0.520. The van der Waals surface area contributed by atoms with Crippen molar-refractivity contribution in [3.8, 4) is 0 Å². The van der Waals surface area contributed by atoms with Crippen LogP contribution in [0.4, 0.5) is 0 Å². The maximum atomic E-state index is 12.3. The van der Waals surface area contributed by atoms with Crippen LogP contribution in [-0.2, 0) is 23.6 Å². The van der Waals surface area contributed by atoms with Gasteiger partial charge in [0.05, 0.1) is 29.8 Å². The number of carbonyl (C=O) groups excluding carboxylic acids is 2. The topological polar surface area (TPSA) is 71.1 Å². The predicted molar refractivity (Wildman–Crippen MR) is 112 cm³/mol. The maximum absolute atomic E-state index is 12.3. The molecule has 0 radical (unpaired) electrons. The van der Waals surface area contributed by atoms with Crippen molar-refractivity contribution in [3.63, 3.8) is 0 Å². The molecule has 1 aliphatic heterocycles. The number of carbonyl (C=O) groups is 2. The summed E-state index contributed by atoms with van der Waals surface area (Å²) in [6, 6.07) is 7.03. The number of ether oxygens (including phenoxy) is 2. The van der Waals surface area contributed by atoms with Crippen molar-refractivity contribution in [3.05, 3.63) is 35.4 Å². The van der Waals surface area contributed by atoms with E-state index in [9.17, 15) is 9.59 Å². The number of hydrogen-bond donors (Lipinski definition) is 0. The van der Waals surface area contributed by atoms with Crippen LogP contribution in [0.3, 0.4) is 0 Å². The highest BCUT2D eigenvalue weighted by Crippen LogP contribution is 2.41. The first kappa shape index (κ1) is 23.4. The first-order chi connectivity index (χ1) is 13.3. The lowest BCUT2D eigenvalue weighted by molar-refractivity contribution is -0.143.